The fourth-order valence-electron chi connectivity index (χ4n) is 1.83. The number of likely N-dealkylation sites (N-methyl/N-ethyl adjacent to an activating group) is 1. The van der Waals surface area contributed by atoms with Crippen LogP contribution in [0.3, 0.4) is 0 Å². The van der Waals surface area contributed by atoms with Crippen LogP contribution in [0.25, 0.3) is 0 Å². The van der Waals surface area contributed by atoms with Gasteiger partial charge >= 0.3 is 0 Å². The van der Waals surface area contributed by atoms with Crippen molar-refractivity contribution in [1.82, 2.24) is 4.31 Å². The molecule has 1 N–H and O–H groups in total. The standard InChI is InChI=1S/C14H16ClNO3S2/c1-10-5-6-11(8-12(10)15)21(18,19)16(2)9-13(17)14-4-3-7-20-14/h3-8,13,17H,9H2,1-2H3. The van der Waals surface area contributed by atoms with E-state index in [1.54, 1.807) is 12.1 Å². The Hall–Kier alpha value is -0.920. The van der Waals surface area contributed by atoms with Crippen molar-refractivity contribution in [2.24, 2.45) is 0 Å². The molecule has 0 aliphatic carbocycles. The van der Waals surface area contributed by atoms with Crippen LogP contribution in [0.2, 0.25) is 5.02 Å². The number of benzene rings is 1. The zero-order chi connectivity index (χ0) is 15.6. The molecule has 0 bridgehead atoms. The van der Waals surface area contributed by atoms with Crippen LogP contribution in [0.5, 0.6) is 0 Å². The van der Waals surface area contributed by atoms with E-state index >= 15 is 0 Å². The highest BCUT2D eigenvalue weighted by Crippen LogP contribution is 2.25. The maximum absolute atomic E-state index is 12.5. The average molecular weight is 346 g/mol. The Kier molecular flexibility index (Phi) is 5.06. The van der Waals surface area contributed by atoms with Gasteiger partial charge in [0.15, 0.2) is 0 Å². The molecule has 114 valence electrons. The predicted molar refractivity (Wildman–Crippen MR) is 85.3 cm³/mol. The molecular formula is C14H16ClNO3S2. The molecule has 0 spiro atoms. The molecule has 4 nitrogen and oxygen atoms in total. The van der Waals surface area contributed by atoms with Crippen LogP contribution in [-0.2, 0) is 10.0 Å². The first-order chi connectivity index (χ1) is 9.82. The van der Waals surface area contributed by atoms with Crippen LogP contribution >= 0.6 is 22.9 Å². The summed E-state index contributed by atoms with van der Waals surface area (Å²) in [4.78, 5) is 0.859. The van der Waals surface area contributed by atoms with Gasteiger partial charge in [-0.25, -0.2) is 8.42 Å². The molecule has 1 aromatic carbocycles. The zero-order valence-corrected chi connectivity index (χ0v) is 14.0. The van der Waals surface area contributed by atoms with E-state index in [1.165, 1.54) is 30.5 Å². The highest BCUT2D eigenvalue weighted by molar-refractivity contribution is 7.89. The van der Waals surface area contributed by atoms with Crippen LogP contribution in [0.4, 0.5) is 0 Å². The smallest absolute Gasteiger partial charge is 0.242 e. The lowest BCUT2D eigenvalue weighted by atomic mass is 10.2. The third kappa shape index (κ3) is 3.64. The summed E-state index contributed by atoms with van der Waals surface area (Å²) in [5.74, 6) is 0. The number of hydrogen-bond donors (Lipinski definition) is 1. The predicted octanol–water partition coefficient (Wildman–Crippen LogP) is 3.06. The molecule has 1 aromatic heterocycles. The molecule has 0 fully saturated rings. The summed E-state index contributed by atoms with van der Waals surface area (Å²) in [5.41, 5.74) is 0.817. The van der Waals surface area contributed by atoms with E-state index in [-0.39, 0.29) is 11.4 Å². The number of aliphatic hydroxyl groups is 1. The molecule has 1 heterocycles. The monoisotopic (exact) mass is 345 g/mol. The van der Waals surface area contributed by atoms with Crippen LogP contribution < -0.4 is 0 Å². The minimum Gasteiger partial charge on any atom is -0.386 e. The topological polar surface area (TPSA) is 57.6 Å². The van der Waals surface area contributed by atoms with E-state index in [0.29, 0.717) is 5.02 Å². The third-order valence-corrected chi connectivity index (χ3v) is 6.35. The van der Waals surface area contributed by atoms with E-state index in [9.17, 15) is 13.5 Å². The lowest BCUT2D eigenvalue weighted by molar-refractivity contribution is 0.158. The number of rotatable bonds is 5. The van der Waals surface area contributed by atoms with Gasteiger partial charge in [0.05, 0.1) is 4.90 Å². The summed E-state index contributed by atoms with van der Waals surface area (Å²) in [5, 5.41) is 12.3. The average Bonchev–Trinajstić information content (AvgIpc) is 2.95. The van der Waals surface area contributed by atoms with E-state index in [1.807, 2.05) is 18.4 Å². The van der Waals surface area contributed by atoms with Crippen LogP contribution in [0.1, 0.15) is 16.5 Å². The third-order valence-electron chi connectivity index (χ3n) is 3.15. The van der Waals surface area contributed by atoms with E-state index in [2.05, 4.69) is 0 Å². The Balaban J connectivity index is 2.20. The van der Waals surface area contributed by atoms with Gasteiger partial charge < -0.3 is 5.11 Å². The maximum atomic E-state index is 12.5. The molecule has 0 radical (unpaired) electrons. The second-order valence-corrected chi connectivity index (χ2v) is 8.16. The lowest BCUT2D eigenvalue weighted by Gasteiger charge is -2.20. The van der Waals surface area contributed by atoms with Crippen molar-refractivity contribution in [2.45, 2.75) is 17.9 Å². The number of thiophene rings is 1. The quantitative estimate of drug-likeness (QED) is 0.906. The van der Waals surface area contributed by atoms with Gasteiger partial charge in [-0.2, -0.15) is 4.31 Å². The van der Waals surface area contributed by atoms with Crippen LogP contribution in [0, 0.1) is 6.92 Å². The first-order valence-electron chi connectivity index (χ1n) is 6.26. The number of hydrogen-bond acceptors (Lipinski definition) is 4. The second-order valence-electron chi connectivity index (χ2n) is 4.73. The molecule has 0 amide bonds. The first kappa shape index (κ1) is 16.5. The number of aryl methyl sites for hydroxylation is 1. The maximum Gasteiger partial charge on any atom is 0.242 e. The highest BCUT2D eigenvalue weighted by atomic mass is 35.5. The molecule has 1 atom stereocenters. The molecule has 7 heteroatoms. The number of nitrogens with zero attached hydrogens (tertiary/aromatic N) is 1. The van der Waals surface area contributed by atoms with Gasteiger partial charge in [0.1, 0.15) is 6.10 Å². The van der Waals surface area contributed by atoms with Crippen LogP contribution in [0.15, 0.2) is 40.6 Å². The Morgan fingerprint density at radius 1 is 1.38 bits per heavy atom. The van der Waals surface area contributed by atoms with Gasteiger partial charge in [0, 0.05) is 23.5 Å². The minimum absolute atomic E-state index is 0.00561. The zero-order valence-electron chi connectivity index (χ0n) is 11.7. The largest absolute Gasteiger partial charge is 0.386 e. The molecule has 0 saturated heterocycles. The van der Waals surface area contributed by atoms with E-state index < -0.39 is 16.1 Å². The van der Waals surface area contributed by atoms with Crippen molar-refractivity contribution in [3.63, 3.8) is 0 Å². The second kappa shape index (κ2) is 6.46. The lowest BCUT2D eigenvalue weighted by Crippen LogP contribution is -2.31. The summed E-state index contributed by atoms with van der Waals surface area (Å²) in [6.07, 6.45) is -0.842. The Morgan fingerprint density at radius 2 is 2.10 bits per heavy atom. The van der Waals surface area contributed by atoms with Gasteiger partial charge in [-0.15, -0.1) is 11.3 Å². The van der Waals surface area contributed by atoms with Crippen molar-refractivity contribution < 1.29 is 13.5 Å². The molecule has 0 aliphatic heterocycles. The summed E-state index contributed by atoms with van der Waals surface area (Å²) >= 11 is 7.37. The van der Waals surface area contributed by atoms with Gasteiger partial charge in [-0.1, -0.05) is 23.7 Å². The number of halogens is 1. The fourth-order valence-corrected chi connectivity index (χ4v) is 3.98. The molecule has 0 saturated carbocycles. The Labute approximate surface area is 133 Å². The van der Waals surface area contributed by atoms with Gasteiger partial charge in [-0.05, 0) is 36.1 Å². The van der Waals surface area contributed by atoms with E-state index in [4.69, 9.17) is 11.6 Å². The van der Waals surface area contributed by atoms with Gasteiger partial charge in [0.2, 0.25) is 10.0 Å². The molecule has 2 aromatic rings. The number of sulfonamides is 1. The normalized spacial score (nSPS) is 13.6. The Morgan fingerprint density at radius 3 is 2.67 bits per heavy atom. The van der Waals surface area contributed by atoms with Crippen molar-refractivity contribution in [3.8, 4) is 0 Å². The minimum atomic E-state index is -3.67. The fraction of sp³-hybridized carbons (Fsp3) is 0.286. The molecule has 21 heavy (non-hydrogen) atoms. The van der Waals surface area contributed by atoms with Crippen molar-refractivity contribution in [2.75, 3.05) is 13.6 Å². The first-order valence-corrected chi connectivity index (χ1v) is 8.96. The summed E-state index contributed by atoms with van der Waals surface area (Å²) in [7, 11) is -2.23. The molecule has 0 aliphatic rings. The van der Waals surface area contributed by atoms with Crippen LogP contribution in [-0.4, -0.2) is 31.4 Å². The summed E-state index contributed by atoms with van der Waals surface area (Å²) in [6, 6.07) is 8.21. The highest BCUT2D eigenvalue weighted by Gasteiger charge is 2.24. The van der Waals surface area contributed by atoms with Gasteiger partial charge in [0.25, 0.3) is 0 Å². The molecular weight excluding hydrogens is 330 g/mol. The van der Waals surface area contributed by atoms with E-state index in [0.717, 1.165) is 14.7 Å². The van der Waals surface area contributed by atoms with Gasteiger partial charge in [-0.3, -0.25) is 0 Å². The van der Waals surface area contributed by atoms with Crippen molar-refractivity contribution >= 4 is 33.0 Å². The number of aliphatic hydroxyl groups excluding tert-OH is 1. The van der Waals surface area contributed by atoms with Crippen molar-refractivity contribution in [1.29, 1.82) is 0 Å². The SMILES string of the molecule is Cc1ccc(S(=O)(=O)N(C)CC(O)c2cccs2)cc1Cl. The molecule has 2 rings (SSSR count). The summed E-state index contributed by atoms with van der Waals surface area (Å²) in [6.45, 7) is 1.80. The summed E-state index contributed by atoms with van der Waals surface area (Å²) < 4.78 is 26.1. The van der Waals surface area contributed by atoms with Crippen molar-refractivity contribution in [3.05, 3.63) is 51.2 Å². The Bertz CT molecular complexity index is 714. The molecule has 1 unspecified atom stereocenters.